The van der Waals surface area contributed by atoms with Crippen LogP contribution in [-0.4, -0.2) is 61.3 Å². The molecule has 0 radical (unpaired) electrons. The molecule has 1 unspecified atom stereocenters. The highest BCUT2D eigenvalue weighted by Crippen LogP contribution is 2.48. The van der Waals surface area contributed by atoms with Crippen LogP contribution in [0, 0.1) is 6.92 Å². The normalized spacial score (nSPS) is 15.6. The second kappa shape index (κ2) is 12.3. The molecule has 9 heteroatoms. The number of benzene rings is 2. The van der Waals surface area contributed by atoms with E-state index >= 15 is 0 Å². The van der Waals surface area contributed by atoms with Gasteiger partial charge in [-0.3, -0.25) is 14.5 Å². The zero-order valence-electron chi connectivity index (χ0n) is 23.6. The molecule has 39 heavy (non-hydrogen) atoms. The first kappa shape index (κ1) is 28.7. The van der Waals surface area contributed by atoms with Crippen molar-refractivity contribution in [1.82, 2.24) is 15.1 Å². The molecule has 0 saturated heterocycles. The summed E-state index contributed by atoms with van der Waals surface area (Å²) in [5, 5.41) is 7.93. The van der Waals surface area contributed by atoms with Crippen LogP contribution in [0.4, 0.5) is 5.82 Å². The van der Waals surface area contributed by atoms with Gasteiger partial charge in [0.15, 0.2) is 0 Å². The molecule has 1 aliphatic rings. The van der Waals surface area contributed by atoms with Crippen LogP contribution in [-0.2, 0) is 19.7 Å². The van der Waals surface area contributed by atoms with Crippen molar-refractivity contribution in [3.05, 3.63) is 70.9 Å². The van der Waals surface area contributed by atoms with Crippen molar-refractivity contribution in [3.63, 3.8) is 0 Å². The Hall–Kier alpha value is -3.30. The number of hydrogen-bond donors (Lipinski definition) is 1. The number of hydrogen-bond acceptors (Lipinski definition) is 6. The first-order valence-corrected chi connectivity index (χ1v) is 14.2. The average molecular weight is 551 g/mol. The van der Waals surface area contributed by atoms with Crippen LogP contribution in [0.15, 0.2) is 48.5 Å². The van der Waals surface area contributed by atoms with Crippen molar-refractivity contribution in [3.8, 4) is 11.4 Å². The Bertz CT molecular complexity index is 1310. The number of fused-ring (bicyclic) bond motifs is 1. The average Bonchev–Trinajstić information content (AvgIpc) is 3.24. The van der Waals surface area contributed by atoms with Crippen LogP contribution in [0.1, 0.15) is 54.8 Å². The number of nitrogens with zero attached hydrogens (tertiary/aromatic N) is 3. The van der Waals surface area contributed by atoms with Gasteiger partial charge < -0.3 is 14.8 Å². The summed E-state index contributed by atoms with van der Waals surface area (Å²) in [6.45, 7) is 9.41. The number of aromatic nitrogens is 2. The first-order valence-electron chi connectivity index (χ1n) is 13.2. The molecular formula is C30H38N4O4S. The summed E-state index contributed by atoms with van der Waals surface area (Å²) >= 11 is 1.58. The summed E-state index contributed by atoms with van der Waals surface area (Å²) in [7, 11) is 3.26. The van der Waals surface area contributed by atoms with Gasteiger partial charge in [-0.25, -0.2) is 4.68 Å². The molecule has 1 N–H and O–H groups in total. The molecule has 2 aromatic carbocycles. The van der Waals surface area contributed by atoms with E-state index in [1.54, 1.807) is 30.9 Å². The zero-order valence-corrected chi connectivity index (χ0v) is 24.4. The topological polar surface area (TPSA) is 85.7 Å². The fourth-order valence-electron chi connectivity index (χ4n) is 4.72. The summed E-state index contributed by atoms with van der Waals surface area (Å²) < 4.78 is 12.3. The van der Waals surface area contributed by atoms with Crippen LogP contribution in [0.25, 0.3) is 5.69 Å². The van der Waals surface area contributed by atoms with Gasteiger partial charge in [0.25, 0.3) is 0 Å². The maximum atomic E-state index is 13.7. The summed E-state index contributed by atoms with van der Waals surface area (Å²) in [6.07, 6.45) is 0.699. The monoisotopic (exact) mass is 550 g/mol. The Morgan fingerprint density at radius 2 is 1.90 bits per heavy atom. The van der Waals surface area contributed by atoms with E-state index in [2.05, 4.69) is 51.2 Å². The van der Waals surface area contributed by atoms with Gasteiger partial charge in [0.1, 0.15) is 18.1 Å². The van der Waals surface area contributed by atoms with E-state index in [1.807, 2.05) is 35.0 Å². The Morgan fingerprint density at radius 3 is 2.54 bits per heavy atom. The quantitative estimate of drug-likeness (QED) is 0.385. The summed E-state index contributed by atoms with van der Waals surface area (Å²) in [4.78, 5) is 28.4. The largest absolute Gasteiger partial charge is 0.497 e. The fourth-order valence-corrected chi connectivity index (χ4v) is 5.90. The maximum Gasteiger partial charge on any atom is 0.240 e. The van der Waals surface area contributed by atoms with Gasteiger partial charge in [0.05, 0.1) is 29.5 Å². The smallest absolute Gasteiger partial charge is 0.240 e. The van der Waals surface area contributed by atoms with E-state index in [4.69, 9.17) is 14.6 Å². The highest BCUT2D eigenvalue weighted by atomic mass is 32.2. The Morgan fingerprint density at radius 1 is 1.15 bits per heavy atom. The van der Waals surface area contributed by atoms with Gasteiger partial charge in [0.2, 0.25) is 11.8 Å². The Labute approximate surface area is 235 Å². The molecule has 1 aromatic heterocycles. The molecule has 4 rings (SSSR count). The van der Waals surface area contributed by atoms with Crippen LogP contribution < -0.4 is 15.0 Å². The predicted molar refractivity (Wildman–Crippen MR) is 156 cm³/mol. The van der Waals surface area contributed by atoms with Crippen molar-refractivity contribution >= 4 is 29.4 Å². The van der Waals surface area contributed by atoms with Gasteiger partial charge in [-0.15, -0.1) is 11.8 Å². The SMILES string of the molecule is COCCCNC(=O)CN1C(=O)CSC(c2cccc(C)c2)c2c(C(C)(C)C)nn(-c3ccc(OC)cc3)c21. The molecule has 8 nitrogen and oxygen atoms in total. The summed E-state index contributed by atoms with van der Waals surface area (Å²) in [5.74, 6) is 1.27. The van der Waals surface area contributed by atoms with Crippen LogP contribution in [0.2, 0.25) is 0 Å². The molecule has 0 saturated carbocycles. The molecule has 3 aromatic rings. The van der Waals surface area contributed by atoms with Crippen molar-refractivity contribution in [2.45, 2.75) is 44.8 Å². The molecule has 1 aliphatic heterocycles. The third-order valence-corrected chi connectivity index (χ3v) is 7.87. The number of carbonyl (C=O) groups excluding carboxylic acids is 2. The number of carbonyl (C=O) groups is 2. The van der Waals surface area contributed by atoms with Gasteiger partial charge in [-0.2, -0.15) is 5.10 Å². The summed E-state index contributed by atoms with van der Waals surface area (Å²) in [6, 6.07) is 16.0. The van der Waals surface area contributed by atoms with Crippen molar-refractivity contribution < 1.29 is 19.1 Å². The van der Waals surface area contributed by atoms with Crippen LogP contribution in [0.5, 0.6) is 5.75 Å². The predicted octanol–water partition coefficient (Wildman–Crippen LogP) is 4.81. The lowest BCUT2D eigenvalue weighted by Gasteiger charge is -2.24. The second-order valence-electron chi connectivity index (χ2n) is 10.7. The van der Waals surface area contributed by atoms with E-state index in [9.17, 15) is 9.59 Å². The third kappa shape index (κ3) is 6.47. The second-order valence-corrected chi connectivity index (χ2v) is 11.8. The molecule has 208 valence electrons. The highest BCUT2D eigenvalue weighted by Gasteiger charge is 2.39. The minimum Gasteiger partial charge on any atom is -0.497 e. The third-order valence-electron chi connectivity index (χ3n) is 6.61. The van der Waals surface area contributed by atoms with Crippen molar-refractivity contribution in [2.24, 2.45) is 0 Å². The highest BCUT2D eigenvalue weighted by molar-refractivity contribution is 8.00. The molecule has 2 heterocycles. The fraction of sp³-hybridized carbons (Fsp3) is 0.433. The van der Waals surface area contributed by atoms with Gasteiger partial charge >= 0.3 is 0 Å². The van der Waals surface area contributed by atoms with E-state index in [1.165, 1.54) is 0 Å². The molecular weight excluding hydrogens is 512 g/mol. The van der Waals surface area contributed by atoms with Crippen LogP contribution in [0.3, 0.4) is 0 Å². The lowest BCUT2D eigenvalue weighted by molar-refractivity contribution is -0.122. The van der Waals surface area contributed by atoms with E-state index in [0.29, 0.717) is 25.4 Å². The number of thioether (sulfide) groups is 1. The standard InChI is InChI=1S/C30H38N4O4S/c1-20-9-7-10-21(17-20)27-26-28(30(2,3)4)32-34(22-11-13-23(38-6)14-12-22)29(26)33(25(36)19-39-27)18-24(35)31-15-8-16-37-5/h7,9-14,17,27H,8,15-16,18-19H2,1-6H3,(H,31,35). The number of anilines is 1. The van der Waals surface area contributed by atoms with E-state index in [-0.39, 0.29) is 34.8 Å². The molecule has 0 aliphatic carbocycles. The number of ether oxygens (including phenoxy) is 2. The minimum atomic E-state index is -0.314. The van der Waals surface area contributed by atoms with Gasteiger partial charge in [-0.1, -0.05) is 50.6 Å². The lowest BCUT2D eigenvalue weighted by Crippen LogP contribution is -2.42. The Kier molecular flexibility index (Phi) is 9.02. The number of amides is 2. The lowest BCUT2D eigenvalue weighted by atomic mass is 9.87. The van der Waals surface area contributed by atoms with E-state index in [0.717, 1.165) is 33.8 Å². The van der Waals surface area contributed by atoms with E-state index < -0.39 is 0 Å². The van der Waals surface area contributed by atoms with Crippen molar-refractivity contribution in [2.75, 3.05) is 44.6 Å². The van der Waals surface area contributed by atoms with Crippen LogP contribution >= 0.6 is 11.8 Å². The number of rotatable bonds is 9. The first-order chi connectivity index (χ1) is 18.6. The number of methoxy groups -OCH3 is 2. The van der Waals surface area contributed by atoms with Gasteiger partial charge in [-0.05, 0) is 43.2 Å². The molecule has 0 bridgehead atoms. The Balaban J connectivity index is 1.90. The molecule has 2 amide bonds. The molecule has 0 fully saturated rings. The van der Waals surface area contributed by atoms with Gasteiger partial charge in [0, 0.05) is 31.2 Å². The number of aryl methyl sites for hydroxylation is 1. The molecule has 0 spiro atoms. The number of nitrogens with one attached hydrogen (secondary N) is 1. The molecule has 1 atom stereocenters. The zero-order chi connectivity index (χ0) is 28.2. The maximum absolute atomic E-state index is 13.7. The summed E-state index contributed by atoms with van der Waals surface area (Å²) in [5.41, 5.74) is 4.60. The van der Waals surface area contributed by atoms with Crippen molar-refractivity contribution in [1.29, 1.82) is 0 Å². The minimum absolute atomic E-state index is 0.0919.